The van der Waals surface area contributed by atoms with Crippen LogP contribution in [0.25, 0.3) is 5.57 Å². The first kappa shape index (κ1) is 36.2. The van der Waals surface area contributed by atoms with Gasteiger partial charge in [-0.3, -0.25) is 9.98 Å². The van der Waals surface area contributed by atoms with Gasteiger partial charge < -0.3 is 18.9 Å². The zero-order valence-electron chi connectivity index (χ0n) is 27.0. The molecule has 0 atom stereocenters. The number of methoxy groups -OCH3 is 2. The molecule has 5 aromatic rings. The topological polar surface area (TPSA) is 188 Å². The predicted octanol–water partition coefficient (Wildman–Crippen LogP) is 4.44. The van der Waals surface area contributed by atoms with Gasteiger partial charge >= 0.3 is 11.7 Å². The highest BCUT2D eigenvalue weighted by Gasteiger charge is 2.21. The Labute approximate surface area is 285 Å². The van der Waals surface area contributed by atoms with Crippen LogP contribution in [0.2, 0.25) is 0 Å². The van der Waals surface area contributed by atoms with Crippen LogP contribution in [0.3, 0.4) is 0 Å². The molecule has 0 unspecified atom stereocenters. The molecule has 0 aliphatic heterocycles. The van der Waals surface area contributed by atoms with E-state index in [1.807, 2.05) is 0 Å². The minimum atomic E-state index is -4.19. The molecule has 2 aromatic heterocycles. The average Bonchev–Trinajstić information content (AvgIpc) is 3.12. The van der Waals surface area contributed by atoms with Crippen molar-refractivity contribution in [2.45, 2.75) is 11.8 Å². The highest BCUT2D eigenvalue weighted by Crippen LogP contribution is 2.32. The molecule has 1 N–H and O–H groups in total. The Morgan fingerprint density at radius 1 is 0.960 bits per heavy atom. The van der Waals surface area contributed by atoms with E-state index in [9.17, 15) is 27.7 Å². The Kier molecular flexibility index (Phi) is 11.6. The summed E-state index contributed by atoms with van der Waals surface area (Å²) in [5, 5.41) is 16.5. The molecule has 0 aliphatic carbocycles. The summed E-state index contributed by atoms with van der Waals surface area (Å²) in [6, 6.07) is 23.0. The molecule has 50 heavy (non-hydrogen) atoms. The van der Waals surface area contributed by atoms with Gasteiger partial charge in [-0.25, -0.2) is 32.4 Å². The number of aryl methyl sites for hydroxylation is 1. The number of hydrogen-bond donors (Lipinski definition) is 1. The van der Waals surface area contributed by atoms with Crippen LogP contribution < -0.4 is 20.7 Å². The SMILES string of the molecule is CO/C=C(/C(=O)OC)c1ccccc1Oc1cc(Oc2ccccc2C#N)ncn1.Cc1ccc(S(=O)(=O)n2cc(F)c(=N)n(C)c2=O)cc1. The zero-order chi connectivity index (χ0) is 36.4. The van der Waals surface area contributed by atoms with Crippen LogP contribution in [-0.4, -0.2) is 47.1 Å². The number of aromatic nitrogens is 4. The van der Waals surface area contributed by atoms with E-state index in [4.69, 9.17) is 24.4 Å². The molecule has 16 heteroatoms. The van der Waals surface area contributed by atoms with Crippen molar-refractivity contribution < 1.29 is 36.6 Å². The van der Waals surface area contributed by atoms with E-state index in [-0.39, 0.29) is 22.2 Å². The lowest BCUT2D eigenvalue weighted by atomic mass is 10.1. The predicted molar refractivity (Wildman–Crippen MR) is 176 cm³/mol. The molecular formula is C34H29FN6O8S. The number of nitrogens with one attached hydrogen (secondary N) is 1. The lowest BCUT2D eigenvalue weighted by Crippen LogP contribution is -2.41. The second-order valence-electron chi connectivity index (χ2n) is 10.0. The summed E-state index contributed by atoms with van der Waals surface area (Å²) in [7, 11) is -0.344. The monoisotopic (exact) mass is 700 g/mol. The molecule has 5 rings (SSSR count). The lowest BCUT2D eigenvalue weighted by Gasteiger charge is -2.12. The first-order chi connectivity index (χ1) is 23.9. The summed E-state index contributed by atoms with van der Waals surface area (Å²) in [5.41, 5.74) is 0.194. The molecule has 14 nitrogen and oxygen atoms in total. The van der Waals surface area contributed by atoms with Crippen molar-refractivity contribution >= 4 is 21.6 Å². The smallest absolute Gasteiger partial charge is 0.343 e. The number of rotatable bonds is 9. The normalized spacial score (nSPS) is 11.0. The van der Waals surface area contributed by atoms with E-state index < -0.39 is 33.0 Å². The van der Waals surface area contributed by atoms with Gasteiger partial charge in [-0.1, -0.05) is 48.0 Å². The second kappa shape index (κ2) is 16.0. The third-order valence-corrected chi connectivity index (χ3v) is 8.36. The van der Waals surface area contributed by atoms with Gasteiger partial charge in [0.25, 0.3) is 10.0 Å². The van der Waals surface area contributed by atoms with E-state index >= 15 is 0 Å². The summed E-state index contributed by atoms with van der Waals surface area (Å²) in [5.74, 6) is -0.575. The van der Waals surface area contributed by atoms with Crippen molar-refractivity contribution in [2.75, 3.05) is 14.2 Å². The Morgan fingerprint density at radius 3 is 2.18 bits per heavy atom. The number of ether oxygens (including phenoxy) is 4. The lowest BCUT2D eigenvalue weighted by molar-refractivity contribution is -0.133. The van der Waals surface area contributed by atoms with Gasteiger partial charge in [-0.2, -0.15) is 9.23 Å². The number of esters is 1. The van der Waals surface area contributed by atoms with E-state index in [0.717, 1.165) is 12.6 Å². The summed E-state index contributed by atoms with van der Waals surface area (Å²) in [6.07, 6.45) is 3.07. The van der Waals surface area contributed by atoms with Crippen LogP contribution in [-0.2, 0) is 31.3 Å². The first-order valence-corrected chi connectivity index (χ1v) is 15.8. The average molecular weight is 701 g/mol. The highest BCUT2D eigenvalue weighted by atomic mass is 32.2. The van der Waals surface area contributed by atoms with E-state index in [2.05, 4.69) is 16.0 Å². The number of nitrogens with zero attached hydrogens (tertiary/aromatic N) is 5. The van der Waals surface area contributed by atoms with Gasteiger partial charge in [-0.15, -0.1) is 0 Å². The summed E-state index contributed by atoms with van der Waals surface area (Å²) in [6.45, 7) is 1.79. The molecule has 0 radical (unpaired) electrons. The van der Waals surface area contributed by atoms with Crippen molar-refractivity contribution in [2.24, 2.45) is 7.05 Å². The van der Waals surface area contributed by atoms with Crippen LogP contribution in [0, 0.1) is 29.5 Å². The maximum Gasteiger partial charge on any atom is 0.343 e. The maximum atomic E-state index is 13.5. The van der Waals surface area contributed by atoms with Gasteiger partial charge in [0, 0.05) is 12.6 Å². The number of carbonyl (C=O) groups excluding carboxylic acids is 1. The molecule has 0 saturated carbocycles. The van der Waals surface area contributed by atoms with Crippen molar-refractivity contribution in [1.82, 2.24) is 18.5 Å². The third-order valence-electron chi connectivity index (χ3n) is 6.72. The summed E-state index contributed by atoms with van der Waals surface area (Å²) in [4.78, 5) is 32.0. The highest BCUT2D eigenvalue weighted by molar-refractivity contribution is 7.90. The summed E-state index contributed by atoms with van der Waals surface area (Å²) >= 11 is 0. The van der Waals surface area contributed by atoms with Gasteiger partial charge in [0.1, 0.15) is 29.5 Å². The largest absolute Gasteiger partial charge is 0.503 e. The van der Waals surface area contributed by atoms with Crippen LogP contribution in [0.1, 0.15) is 16.7 Å². The number of hydrogen-bond acceptors (Lipinski definition) is 12. The molecule has 0 spiro atoms. The van der Waals surface area contributed by atoms with Crippen LogP contribution >= 0.6 is 0 Å². The number of para-hydroxylation sites is 2. The van der Waals surface area contributed by atoms with Crippen LogP contribution in [0.5, 0.6) is 23.3 Å². The molecule has 0 bridgehead atoms. The van der Waals surface area contributed by atoms with Gasteiger partial charge in [0.05, 0.1) is 43.2 Å². The Bertz CT molecular complexity index is 2330. The fraction of sp³-hybridized carbons (Fsp3) is 0.118. The van der Waals surface area contributed by atoms with Crippen molar-refractivity contribution in [3.8, 4) is 29.3 Å². The second-order valence-corrected chi connectivity index (χ2v) is 11.9. The van der Waals surface area contributed by atoms with Crippen molar-refractivity contribution in [3.05, 3.63) is 136 Å². The molecule has 0 saturated heterocycles. The maximum absolute atomic E-state index is 13.5. The van der Waals surface area contributed by atoms with Crippen molar-refractivity contribution in [3.63, 3.8) is 0 Å². The Hall–Kier alpha value is -6.60. The fourth-order valence-electron chi connectivity index (χ4n) is 4.15. The van der Waals surface area contributed by atoms with Gasteiger partial charge in [-0.05, 0) is 37.3 Å². The molecular weight excluding hydrogens is 671 g/mol. The van der Waals surface area contributed by atoms with Gasteiger partial charge in [0.15, 0.2) is 11.3 Å². The number of benzene rings is 3. The van der Waals surface area contributed by atoms with Crippen LogP contribution in [0.15, 0.2) is 107 Å². The molecule has 256 valence electrons. The minimum absolute atomic E-state index is 0.123. The Morgan fingerprint density at radius 2 is 1.56 bits per heavy atom. The third kappa shape index (κ3) is 8.27. The standard InChI is InChI=1S/C22H17N3O5.C12H12FN3O3S/c1-27-13-17(22(26)28-2)16-8-4-6-10-19(16)30-21-11-20(24-14-25-21)29-18-9-5-3-7-15(18)12-23;1-8-3-5-9(6-4-8)20(18,19)16-7-10(13)11(14)15(2)12(16)17/h3-11,13-14H,1-2H3;3-7,14H,1-2H3/b17-13+;. The van der Waals surface area contributed by atoms with Gasteiger partial charge in [0.2, 0.25) is 11.8 Å². The zero-order valence-corrected chi connectivity index (χ0v) is 27.8. The van der Waals surface area contributed by atoms with E-state index in [1.54, 1.807) is 67.6 Å². The van der Waals surface area contributed by atoms with E-state index in [0.29, 0.717) is 37.4 Å². The van der Waals surface area contributed by atoms with Crippen molar-refractivity contribution in [1.29, 1.82) is 10.7 Å². The molecule has 3 aromatic carbocycles. The number of nitriles is 1. The fourth-order valence-corrected chi connectivity index (χ4v) is 5.42. The Balaban J connectivity index is 0.000000244. The molecule has 0 aliphatic rings. The first-order valence-electron chi connectivity index (χ1n) is 14.3. The summed E-state index contributed by atoms with van der Waals surface area (Å²) < 4.78 is 60.4. The molecule has 0 fully saturated rings. The van der Waals surface area contributed by atoms with E-state index in [1.165, 1.54) is 45.0 Å². The quantitative estimate of drug-likeness (QED) is 0.130. The number of halogens is 1. The molecule has 2 heterocycles. The molecule has 0 amide bonds. The number of carbonyl (C=O) groups is 1. The minimum Gasteiger partial charge on any atom is -0.503 e. The van der Waals surface area contributed by atoms with Crippen LogP contribution in [0.4, 0.5) is 4.39 Å².